The predicted octanol–water partition coefficient (Wildman–Crippen LogP) is 3.94. The van der Waals surface area contributed by atoms with Crippen molar-refractivity contribution in [2.45, 2.75) is 37.9 Å². The number of aromatic nitrogens is 2. The van der Waals surface area contributed by atoms with Crippen LogP contribution in [0, 0.1) is 0 Å². The zero-order chi connectivity index (χ0) is 18.8. The Bertz CT molecular complexity index is 1040. The number of carbonyl (C=O) groups excluding carboxylic acids is 1. The van der Waals surface area contributed by atoms with E-state index in [2.05, 4.69) is 11.1 Å². The Morgan fingerprint density at radius 2 is 2.15 bits per heavy atom. The number of hydrogen-bond acceptors (Lipinski definition) is 5. The third kappa shape index (κ3) is 3.53. The summed E-state index contributed by atoms with van der Waals surface area (Å²) >= 11 is 2.78. The molecule has 1 aromatic carbocycles. The van der Waals surface area contributed by atoms with Crippen LogP contribution < -0.4 is 10.5 Å². The van der Waals surface area contributed by atoms with E-state index in [0.29, 0.717) is 16.4 Å². The molecule has 0 atom stereocenters. The first-order chi connectivity index (χ1) is 13.2. The molecule has 0 fully saturated rings. The summed E-state index contributed by atoms with van der Waals surface area (Å²) < 4.78 is 2.39. The van der Waals surface area contributed by atoms with Crippen LogP contribution in [-0.4, -0.2) is 27.8 Å². The Kier molecular flexibility index (Phi) is 5.31. The molecular weight excluding hydrogens is 378 g/mol. The van der Waals surface area contributed by atoms with Crippen molar-refractivity contribution < 1.29 is 4.79 Å². The summed E-state index contributed by atoms with van der Waals surface area (Å²) in [7, 11) is 0. The number of nitrogens with zero attached hydrogens (tertiary/aromatic N) is 3. The van der Waals surface area contributed by atoms with Gasteiger partial charge in [0.1, 0.15) is 4.70 Å². The van der Waals surface area contributed by atoms with Crippen LogP contribution in [-0.2, 0) is 17.8 Å². The second-order valence-electron chi connectivity index (χ2n) is 6.55. The zero-order valence-corrected chi connectivity index (χ0v) is 16.8. The van der Waals surface area contributed by atoms with Crippen LogP contribution in [0.25, 0.3) is 10.2 Å². The van der Waals surface area contributed by atoms with Crippen LogP contribution in [0.4, 0.5) is 5.69 Å². The van der Waals surface area contributed by atoms with Gasteiger partial charge in [-0.25, -0.2) is 4.98 Å². The highest BCUT2D eigenvalue weighted by molar-refractivity contribution is 7.99. The lowest BCUT2D eigenvalue weighted by Gasteiger charge is -2.29. The number of hydrogen-bond donors (Lipinski definition) is 0. The zero-order valence-electron chi connectivity index (χ0n) is 15.2. The first kappa shape index (κ1) is 18.3. The van der Waals surface area contributed by atoms with Gasteiger partial charge in [0, 0.05) is 18.8 Å². The molecule has 27 heavy (non-hydrogen) atoms. The highest BCUT2D eigenvalue weighted by atomic mass is 32.2. The van der Waals surface area contributed by atoms with Gasteiger partial charge >= 0.3 is 0 Å². The van der Waals surface area contributed by atoms with Crippen molar-refractivity contribution in [3.63, 3.8) is 0 Å². The Morgan fingerprint density at radius 3 is 3.00 bits per heavy atom. The molecule has 1 aliphatic heterocycles. The van der Waals surface area contributed by atoms with Crippen LogP contribution in [0.2, 0.25) is 0 Å². The van der Waals surface area contributed by atoms with Crippen LogP contribution >= 0.6 is 23.1 Å². The van der Waals surface area contributed by atoms with Gasteiger partial charge in [0.2, 0.25) is 5.91 Å². The Balaban J connectivity index is 1.58. The molecule has 2 aromatic heterocycles. The van der Waals surface area contributed by atoms with Gasteiger partial charge in [0.15, 0.2) is 5.16 Å². The SMILES string of the molecule is CCCn1c(SCC(=O)N2CCCc3ccccc32)nc2ccsc2c1=O. The van der Waals surface area contributed by atoms with Crippen molar-refractivity contribution in [3.05, 3.63) is 51.6 Å². The molecule has 5 nitrogen and oxygen atoms in total. The van der Waals surface area contributed by atoms with E-state index in [4.69, 9.17) is 0 Å². The van der Waals surface area contributed by atoms with E-state index >= 15 is 0 Å². The fourth-order valence-corrected chi connectivity index (χ4v) is 5.13. The molecule has 140 valence electrons. The largest absolute Gasteiger partial charge is 0.311 e. The van der Waals surface area contributed by atoms with Gasteiger partial charge in [-0.05, 0) is 42.3 Å². The first-order valence-electron chi connectivity index (χ1n) is 9.18. The normalized spacial score (nSPS) is 13.7. The third-order valence-corrected chi connectivity index (χ3v) is 6.57. The number of amides is 1. The minimum Gasteiger partial charge on any atom is -0.311 e. The molecule has 0 aliphatic carbocycles. The van der Waals surface area contributed by atoms with Crippen molar-refractivity contribution in [1.82, 2.24) is 9.55 Å². The summed E-state index contributed by atoms with van der Waals surface area (Å²) in [6.45, 7) is 3.40. The molecule has 0 bridgehead atoms. The number of para-hydroxylation sites is 1. The van der Waals surface area contributed by atoms with E-state index in [0.717, 1.165) is 37.0 Å². The Hall–Kier alpha value is -2.12. The van der Waals surface area contributed by atoms with Crippen LogP contribution in [0.5, 0.6) is 0 Å². The van der Waals surface area contributed by atoms with E-state index < -0.39 is 0 Å². The number of anilines is 1. The second kappa shape index (κ2) is 7.86. The summed E-state index contributed by atoms with van der Waals surface area (Å²) in [6.07, 6.45) is 2.84. The Labute approximate surface area is 166 Å². The number of rotatable bonds is 5. The van der Waals surface area contributed by atoms with E-state index in [1.54, 1.807) is 4.57 Å². The molecular formula is C20H21N3O2S2. The summed E-state index contributed by atoms with van der Waals surface area (Å²) in [5, 5.41) is 2.52. The molecule has 3 heterocycles. The third-order valence-electron chi connectivity index (χ3n) is 4.71. The van der Waals surface area contributed by atoms with Gasteiger partial charge in [0.25, 0.3) is 5.56 Å². The fraction of sp³-hybridized carbons (Fsp3) is 0.350. The lowest BCUT2D eigenvalue weighted by atomic mass is 10.0. The van der Waals surface area contributed by atoms with E-state index in [-0.39, 0.29) is 17.2 Å². The number of aryl methyl sites for hydroxylation is 1. The number of fused-ring (bicyclic) bond motifs is 2. The lowest BCUT2D eigenvalue weighted by Crippen LogP contribution is -2.36. The van der Waals surface area contributed by atoms with Crippen molar-refractivity contribution in [2.24, 2.45) is 0 Å². The average Bonchev–Trinajstić information content (AvgIpc) is 3.17. The quantitative estimate of drug-likeness (QED) is 0.482. The minimum absolute atomic E-state index is 0.00452. The summed E-state index contributed by atoms with van der Waals surface area (Å²) in [5.74, 6) is 0.343. The van der Waals surface area contributed by atoms with Gasteiger partial charge in [-0.15, -0.1) is 11.3 Å². The maximum absolute atomic E-state index is 12.9. The predicted molar refractivity (Wildman–Crippen MR) is 112 cm³/mol. The van der Waals surface area contributed by atoms with Crippen LogP contribution in [0.3, 0.4) is 0 Å². The van der Waals surface area contributed by atoms with Gasteiger partial charge in [-0.3, -0.25) is 14.2 Å². The summed E-state index contributed by atoms with van der Waals surface area (Å²) in [6, 6.07) is 9.96. The molecule has 0 saturated carbocycles. The van der Waals surface area contributed by atoms with E-state index in [9.17, 15) is 9.59 Å². The standard InChI is InChI=1S/C20H21N3O2S2/c1-2-10-23-19(25)18-15(9-12-26-18)21-20(23)27-13-17(24)22-11-5-7-14-6-3-4-8-16(14)22/h3-4,6,8-9,12H,2,5,7,10-11,13H2,1H3. The number of thioether (sulfide) groups is 1. The van der Waals surface area contributed by atoms with Crippen LogP contribution in [0.1, 0.15) is 25.3 Å². The molecule has 0 spiro atoms. The molecule has 1 amide bonds. The summed E-state index contributed by atoms with van der Waals surface area (Å²) in [4.78, 5) is 32.1. The monoisotopic (exact) mass is 399 g/mol. The average molecular weight is 400 g/mol. The number of benzene rings is 1. The van der Waals surface area contributed by atoms with E-state index in [1.165, 1.54) is 28.7 Å². The van der Waals surface area contributed by atoms with Gasteiger partial charge in [-0.2, -0.15) is 0 Å². The van der Waals surface area contributed by atoms with Gasteiger partial charge in [-0.1, -0.05) is 36.9 Å². The maximum atomic E-state index is 12.9. The smallest absolute Gasteiger partial charge is 0.272 e. The molecule has 1 aliphatic rings. The van der Waals surface area contributed by atoms with Crippen molar-refractivity contribution in [2.75, 3.05) is 17.2 Å². The fourth-order valence-electron chi connectivity index (χ4n) is 3.45. The Morgan fingerprint density at radius 1 is 1.30 bits per heavy atom. The lowest BCUT2D eigenvalue weighted by molar-refractivity contribution is -0.116. The highest BCUT2D eigenvalue weighted by Gasteiger charge is 2.23. The molecule has 0 N–H and O–H groups in total. The first-order valence-corrected chi connectivity index (χ1v) is 11.0. The molecule has 0 saturated heterocycles. The van der Waals surface area contributed by atoms with E-state index in [1.807, 2.05) is 41.5 Å². The minimum atomic E-state index is -0.00452. The van der Waals surface area contributed by atoms with Crippen molar-refractivity contribution >= 4 is 44.9 Å². The molecule has 0 unspecified atom stereocenters. The van der Waals surface area contributed by atoms with Crippen molar-refractivity contribution in [3.8, 4) is 0 Å². The highest BCUT2D eigenvalue weighted by Crippen LogP contribution is 2.28. The second-order valence-corrected chi connectivity index (χ2v) is 8.41. The van der Waals surface area contributed by atoms with Crippen molar-refractivity contribution in [1.29, 1.82) is 0 Å². The topological polar surface area (TPSA) is 55.2 Å². The maximum Gasteiger partial charge on any atom is 0.272 e. The molecule has 4 rings (SSSR count). The number of thiophene rings is 1. The molecule has 7 heteroatoms. The molecule has 3 aromatic rings. The molecule has 0 radical (unpaired) electrons. The summed E-state index contributed by atoms with van der Waals surface area (Å²) in [5.41, 5.74) is 2.95. The number of carbonyl (C=O) groups is 1. The van der Waals surface area contributed by atoms with Gasteiger partial charge in [0.05, 0.1) is 11.3 Å². The van der Waals surface area contributed by atoms with Crippen LogP contribution in [0.15, 0.2) is 45.7 Å². The van der Waals surface area contributed by atoms with Gasteiger partial charge < -0.3 is 4.90 Å².